The summed E-state index contributed by atoms with van der Waals surface area (Å²) in [6.45, 7) is 2.12. The molecule has 4 rings (SSSR count). The fourth-order valence-electron chi connectivity index (χ4n) is 2.45. The Bertz CT molecular complexity index is 851. The first-order valence-corrected chi connectivity index (χ1v) is 7.16. The van der Waals surface area contributed by atoms with Crippen molar-refractivity contribution in [3.05, 3.63) is 30.3 Å². The molecule has 1 fully saturated rings. The van der Waals surface area contributed by atoms with Crippen LogP contribution in [-0.2, 0) is 4.74 Å². The maximum absolute atomic E-state index is 12.5. The zero-order chi connectivity index (χ0) is 15.8. The highest BCUT2D eigenvalue weighted by Crippen LogP contribution is 2.19. The SMILES string of the molecule is Nc1nc(C(=O)N2CCOCC2)cn2nc(-c3ccco3)nc12. The van der Waals surface area contributed by atoms with Gasteiger partial charge in [0, 0.05) is 13.1 Å². The predicted molar refractivity (Wildman–Crippen MR) is 79.6 cm³/mol. The maximum Gasteiger partial charge on any atom is 0.274 e. The number of anilines is 1. The van der Waals surface area contributed by atoms with Crippen LogP contribution in [0.3, 0.4) is 0 Å². The van der Waals surface area contributed by atoms with Crippen molar-refractivity contribution in [2.45, 2.75) is 0 Å². The molecule has 0 aromatic carbocycles. The van der Waals surface area contributed by atoms with E-state index in [4.69, 9.17) is 14.9 Å². The van der Waals surface area contributed by atoms with Crippen LogP contribution >= 0.6 is 0 Å². The summed E-state index contributed by atoms with van der Waals surface area (Å²) in [5.74, 6) is 0.861. The van der Waals surface area contributed by atoms with Crippen molar-refractivity contribution >= 4 is 17.4 Å². The quantitative estimate of drug-likeness (QED) is 0.730. The molecule has 1 aliphatic heterocycles. The van der Waals surface area contributed by atoms with Crippen LogP contribution in [0.2, 0.25) is 0 Å². The number of ether oxygens (including phenoxy) is 1. The molecule has 0 atom stereocenters. The normalized spacial score (nSPS) is 15.2. The van der Waals surface area contributed by atoms with Gasteiger partial charge in [0.15, 0.2) is 17.2 Å². The molecule has 0 unspecified atom stereocenters. The molecule has 118 valence electrons. The smallest absolute Gasteiger partial charge is 0.274 e. The minimum absolute atomic E-state index is 0.148. The lowest BCUT2D eigenvalue weighted by Crippen LogP contribution is -2.41. The summed E-state index contributed by atoms with van der Waals surface area (Å²) in [4.78, 5) is 22.6. The lowest BCUT2D eigenvalue weighted by atomic mass is 10.3. The number of nitrogen functional groups attached to an aromatic ring is 1. The summed E-state index contributed by atoms with van der Waals surface area (Å²) in [6, 6.07) is 3.49. The van der Waals surface area contributed by atoms with Gasteiger partial charge in [-0.2, -0.15) is 0 Å². The number of nitrogens with zero attached hydrogens (tertiary/aromatic N) is 5. The average molecular weight is 314 g/mol. The first-order chi connectivity index (χ1) is 11.2. The van der Waals surface area contributed by atoms with E-state index in [0.29, 0.717) is 43.5 Å². The molecule has 1 amide bonds. The Labute approximate surface area is 130 Å². The van der Waals surface area contributed by atoms with Gasteiger partial charge in [0.2, 0.25) is 5.82 Å². The number of morpholine rings is 1. The summed E-state index contributed by atoms with van der Waals surface area (Å²) < 4.78 is 12.0. The fourth-order valence-corrected chi connectivity index (χ4v) is 2.45. The van der Waals surface area contributed by atoms with Crippen LogP contribution in [0.1, 0.15) is 10.5 Å². The van der Waals surface area contributed by atoms with Crippen molar-refractivity contribution in [1.29, 1.82) is 0 Å². The molecule has 9 heteroatoms. The van der Waals surface area contributed by atoms with Crippen LogP contribution < -0.4 is 5.73 Å². The number of rotatable bonds is 2. The van der Waals surface area contributed by atoms with Gasteiger partial charge in [-0.15, -0.1) is 5.10 Å². The zero-order valence-electron chi connectivity index (χ0n) is 12.2. The highest BCUT2D eigenvalue weighted by atomic mass is 16.5. The van der Waals surface area contributed by atoms with E-state index in [0.717, 1.165) is 0 Å². The Morgan fingerprint density at radius 1 is 1.26 bits per heavy atom. The van der Waals surface area contributed by atoms with Gasteiger partial charge in [-0.25, -0.2) is 14.5 Å². The monoisotopic (exact) mass is 314 g/mol. The highest BCUT2D eigenvalue weighted by molar-refractivity contribution is 5.93. The first-order valence-electron chi connectivity index (χ1n) is 7.16. The number of furan rings is 1. The predicted octanol–water partition coefficient (Wildman–Crippen LogP) is 0.439. The molecule has 0 bridgehead atoms. The van der Waals surface area contributed by atoms with Gasteiger partial charge in [-0.3, -0.25) is 4.79 Å². The molecule has 0 spiro atoms. The van der Waals surface area contributed by atoms with Gasteiger partial charge in [-0.05, 0) is 12.1 Å². The topological polar surface area (TPSA) is 112 Å². The first kappa shape index (κ1) is 13.7. The zero-order valence-corrected chi connectivity index (χ0v) is 12.2. The molecular weight excluding hydrogens is 300 g/mol. The number of fused-ring (bicyclic) bond motifs is 1. The lowest BCUT2D eigenvalue weighted by Gasteiger charge is -2.26. The Morgan fingerprint density at radius 2 is 2.09 bits per heavy atom. The molecule has 3 aromatic rings. The second-order valence-corrected chi connectivity index (χ2v) is 5.10. The van der Waals surface area contributed by atoms with Gasteiger partial charge in [0.1, 0.15) is 5.69 Å². The summed E-state index contributed by atoms with van der Waals surface area (Å²) in [5, 5.41) is 4.30. The third-order valence-electron chi connectivity index (χ3n) is 3.60. The number of aromatic nitrogens is 4. The van der Waals surface area contributed by atoms with Gasteiger partial charge >= 0.3 is 0 Å². The number of carbonyl (C=O) groups excluding carboxylic acids is 1. The van der Waals surface area contributed by atoms with Crippen LogP contribution in [0.5, 0.6) is 0 Å². The van der Waals surface area contributed by atoms with Gasteiger partial charge < -0.3 is 19.8 Å². The van der Waals surface area contributed by atoms with Crippen molar-refractivity contribution in [3.63, 3.8) is 0 Å². The summed E-state index contributed by atoms with van der Waals surface area (Å²) in [6.07, 6.45) is 3.07. The van der Waals surface area contributed by atoms with Gasteiger partial charge in [-0.1, -0.05) is 0 Å². The van der Waals surface area contributed by atoms with Gasteiger partial charge in [0.25, 0.3) is 5.91 Å². The van der Waals surface area contributed by atoms with Crippen molar-refractivity contribution in [2.24, 2.45) is 0 Å². The number of amides is 1. The Kier molecular flexibility index (Phi) is 3.19. The number of nitrogens with two attached hydrogens (primary N) is 1. The Hall–Kier alpha value is -2.94. The second kappa shape index (κ2) is 5.36. The summed E-state index contributed by atoms with van der Waals surface area (Å²) in [5.41, 5.74) is 6.54. The lowest BCUT2D eigenvalue weighted by molar-refractivity contribution is 0.0298. The van der Waals surface area contributed by atoms with Crippen LogP contribution in [0.4, 0.5) is 5.82 Å². The van der Waals surface area contributed by atoms with E-state index in [-0.39, 0.29) is 17.4 Å². The second-order valence-electron chi connectivity index (χ2n) is 5.10. The molecular formula is C14H14N6O3. The van der Waals surface area contributed by atoms with Crippen LogP contribution in [-0.4, -0.2) is 56.7 Å². The van der Waals surface area contributed by atoms with E-state index >= 15 is 0 Å². The standard InChI is InChI=1S/C14H14N6O3/c15-11-13-17-12(10-2-1-5-23-10)18-20(13)8-9(16-11)14(21)19-3-6-22-7-4-19/h1-2,5,8H,3-4,6-7H2,(H2,15,16). The molecule has 0 saturated carbocycles. The molecule has 3 aromatic heterocycles. The van der Waals surface area contributed by atoms with E-state index < -0.39 is 0 Å². The summed E-state index contributed by atoms with van der Waals surface area (Å²) >= 11 is 0. The van der Waals surface area contributed by atoms with E-state index in [1.165, 1.54) is 17.0 Å². The van der Waals surface area contributed by atoms with E-state index in [1.807, 2.05) is 0 Å². The van der Waals surface area contributed by atoms with Gasteiger partial charge in [0.05, 0.1) is 25.7 Å². The molecule has 0 radical (unpaired) electrons. The van der Waals surface area contributed by atoms with Crippen molar-refractivity contribution in [2.75, 3.05) is 32.0 Å². The molecule has 1 aliphatic rings. The Balaban J connectivity index is 1.73. The molecule has 0 aliphatic carbocycles. The van der Waals surface area contributed by atoms with E-state index in [2.05, 4.69) is 15.1 Å². The molecule has 4 heterocycles. The van der Waals surface area contributed by atoms with Crippen molar-refractivity contribution < 1.29 is 13.9 Å². The third kappa shape index (κ3) is 2.40. The van der Waals surface area contributed by atoms with Crippen LogP contribution in [0.25, 0.3) is 17.2 Å². The molecule has 9 nitrogen and oxygen atoms in total. The van der Waals surface area contributed by atoms with E-state index in [9.17, 15) is 4.79 Å². The average Bonchev–Trinajstić information content (AvgIpc) is 3.24. The van der Waals surface area contributed by atoms with Crippen molar-refractivity contribution in [3.8, 4) is 11.6 Å². The van der Waals surface area contributed by atoms with Crippen molar-refractivity contribution in [1.82, 2.24) is 24.5 Å². The molecule has 1 saturated heterocycles. The van der Waals surface area contributed by atoms with Crippen LogP contribution in [0.15, 0.2) is 29.0 Å². The number of hydrogen-bond acceptors (Lipinski definition) is 7. The fraction of sp³-hybridized carbons (Fsp3) is 0.286. The van der Waals surface area contributed by atoms with Crippen LogP contribution in [0, 0.1) is 0 Å². The summed E-state index contributed by atoms with van der Waals surface area (Å²) in [7, 11) is 0. The maximum atomic E-state index is 12.5. The number of hydrogen-bond donors (Lipinski definition) is 1. The minimum Gasteiger partial charge on any atom is -0.461 e. The number of carbonyl (C=O) groups is 1. The highest BCUT2D eigenvalue weighted by Gasteiger charge is 2.22. The molecule has 2 N–H and O–H groups in total. The molecule has 23 heavy (non-hydrogen) atoms. The third-order valence-corrected chi connectivity index (χ3v) is 3.60. The minimum atomic E-state index is -0.197. The Morgan fingerprint density at radius 3 is 2.83 bits per heavy atom. The van der Waals surface area contributed by atoms with E-state index in [1.54, 1.807) is 17.0 Å². The largest absolute Gasteiger partial charge is 0.461 e.